The Kier molecular flexibility index (Phi) is 4.85. The molecule has 1 N–H and O–H groups in total. The molecule has 0 atom stereocenters. The van der Waals surface area contributed by atoms with E-state index in [4.69, 9.17) is 0 Å². The number of piperazine rings is 1. The van der Waals surface area contributed by atoms with E-state index < -0.39 is 15.7 Å². The van der Waals surface area contributed by atoms with Crippen LogP contribution < -0.4 is 16.1 Å². The summed E-state index contributed by atoms with van der Waals surface area (Å²) in [5.74, 6) is 0.426. The van der Waals surface area contributed by atoms with Gasteiger partial charge in [0.25, 0.3) is 15.6 Å². The molecular formula is C15H20N4O4S2. The van der Waals surface area contributed by atoms with E-state index in [1.54, 1.807) is 6.07 Å². The van der Waals surface area contributed by atoms with Crippen LogP contribution in [0, 0.1) is 0 Å². The average Bonchev–Trinajstić information content (AvgIpc) is 3.09. The highest BCUT2D eigenvalue weighted by molar-refractivity contribution is 7.91. The third-order valence-electron chi connectivity index (χ3n) is 4.29. The van der Waals surface area contributed by atoms with Gasteiger partial charge in [0, 0.05) is 44.2 Å². The maximum absolute atomic E-state index is 12.7. The van der Waals surface area contributed by atoms with Crippen molar-refractivity contribution < 1.29 is 8.42 Å². The van der Waals surface area contributed by atoms with Crippen molar-refractivity contribution >= 4 is 27.2 Å². The van der Waals surface area contributed by atoms with Crippen molar-refractivity contribution in [2.45, 2.75) is 17.6 Å². The Balaban J connectivity index is 1.75. The van der Waals surface area contributed by atoms with Gasteiger partial charge in [-0.15, -0.1) is 11.3 Å². The summed E-state index contributed by atoms with van der Waals surface area (Å²) in [5, 5.41) is 0. The zero-order valence-corrected chi connectivity index (χ0v) is 15.7. The van der Waals surface area contributed by atoms with E-state index in [0.717, 1.165) is 15.9 Å². The monoisotopic (exact) mass is 384 g/mol. The van der Waals surface area contributed by atoms with Crippen LogP contribution in [0.2, 0.25) is 0 Å². The van der Waals surface area contributed by atoms with Gasteiger partial charge in [0.05, 0.1) is 0 Å². The zero-order valence-electron chi connectivity index (χ0n) is 14.1. The van der Waals surface area contributed by atoms with Crippen LogP contribution in [-0.4, -0.2) is 48.5 Å². The molecule has 25 heavy (non-hydrogen) atoms. The van der Waals surface area contributed by atoms with Gasteiger partial charge in [-0.05, 0) is 18.6 Å². The van der Waals surface area contributed by atoms with Crippen LogP contribution in [0.3, 0.4) is 0 Å². The fourth-order valence-corrected chi connectivity index (χ4v) is 5.57. The fourth-order valence-electron chi connectivity index (χ4n) is 2.70. The first-order valence-corrected chi connectivity index (χ1v) is 10.2. The van der Waals surface area contributed by atoms with Gasteiger partial charge in [-0.2, -0.15) is 4.31 Å². The molecule has 1 saturated heterocycles. The van der Waals surface area contributed by atoms with Crippen LogP contribution in [0.4, 0.5) is 5.82 Å². The summed E-state index contributed by atoms with van der Waals surface area (Å²) in [5.41, 5.74) is -0.872. The van der Waals surface area contributed by atoms with Crippen LogP contribution in [0.25, 0.3) is 0 Å². The molecule has 1 aliphatic heterocycles. The van der Waals surface area contributed by atoms with Gasteiger partial charge in [0.1, 0.15) is 10.0 Å². The third kappa shape index (κ3) is 3.42. The van der Waals surface area contributed by atoms with E-state index >= 15 is 0 Å². The van der Waals surface area contributed by atoms with E-state index in [1.165, 1.54) is 28.8 Å². The molecule has 0 amide bonds. The van der Waals surface area contributed by atoms with Crippen molar-refractivity contribution in [2.75, 3.05) is 31.1 Å². The van der Waals surface area contributed by atoms with Gasteiger partial charge >= 0.3 is 5.69 Å². The van der Waals surface area contributed by atoms with E-state index in [2.05, 4.69) is 4.98 Å². The molecule has 2 aromatic heterocycles. The smallest absolute Gasteiger partial charge is 0.329 e. The van der Waals surface area contributed by atoms with Crippen molar-refractivity contribution in [1.29, 1.82) is 0 Å². The lowest BCUT2D eigenvalue weighted by Crippen LogP contribution is -2.49. The number of hydrogen-bond acceptors (Lipinski definition) is 6. The fraction of sp³-hybridized carbons (Fsp3) is 0.467. The third-order valence-corrected chi connectivity index (χ3v) is 7.88. The number of rotatable bonds is 4. The van der Waals surface area contributed by atoms with Gasteiger partial charge in [0.15, 0.2) is 0 Å². The summed E-state index contributed by atoms with van der Waals surface area (Å²) in [6.07, 6.45) is 0.810. The number of nitrogens with zero attached hydrogens (tertiary/aromatic N) is 3. The molecule has 0 bridgehead atoms. The predicted molar refractivity (Wildman–Crippen MR) is 97.0 cm³/mol. The molecule has 1 fully saturated rings. The van der Waals surface area contributed by atoms with Gasteiger partial charge in [-0.3, -0.25) is 14.3 Å². The molecule has 0 aliphatic carbocycles. The highest BCUT2D eigenvalue weighted by atomic mass is 32.2. The number of aromatic amines is 1. The Morgan fingerprint density at radius 3 is 2.40 bits per heavy atom. The Hall–Kier alpha value is -1.91. The summed E-state index contributed by atoms with van der Waals surface area (Å²) in [6.45, 7) is 3.42. The summed E-state index contributed by atoms with van der Waals surface area (Å²) in [4.78, 5) is 29.0. The molecule has 3 rings (SSSR count). The SMILES string of the molecule is CCc1ccc(S(=O)(=O)N2CCN(c3cc(=O)n(C)c(=O)[nH]3)CC2)s1. The van der Waals surface area contributed by atoms with Crippen molar-refractivity contribution in [3.05, 3.63) is 43.9 Å². The predicted octanol–water partition coefficient (Wildman–Crippen LogP) is 0.208. The first-order valence-electron chi connectivity index (χ1n) is 7.97. The Morgan fingerprint density at radius 1 is 1.16 bits per heavy atom. The second kappa shape index (κ2) is 6.77. The lowest BCUT2D eigenvalue weighted by Gasteiger charge is -2.34. The van der Waals surface area contributed by atoms with Crippen LogP contribution in [0.1, 0.15) is 11.8 Å². The van der Waals surface area contributed by atoms with Crippen molar-refractivity contribution in [3.63, 3.8) is 0 Å². The molecule has 0 spiro atoms. The van der Waals surface area contributed by atoms with Crippen molar-refractivity contribution in [3.8, 4) is 0 Å². The van der Waals surface area contributed by atoms with E-state index in [9.17, 15) is 18.0 Å². The molecule has 0 unspecified atom stereocenters. The normalized spacial score (nSPS) is 16.3. The maximum atomic E-state index is 12.7. The number of aromatic nitrogens is 2. The summed E-state index contributed by atoms with van der Waals surface area (Å²) < 4.78 is 28.2. The van der Waals surface area contributed by atoms with Crippen LogP contribution in [0.5, 0.6) is 0 Å². The Bertz CT molecular complexity index is 950. The number of hydrogen-bond donors (Lipinski definition) is 1. The summed E-state index contributed by atoms with van der Waals surface area (Å²) in [6, 6.07) is 4.86. The van der Waals surface area contributed by atoms with Crippen LogP contribution in [0.15, 0.2) is 32.0 Å². The van der Waals surface area contributed by atoms with Gasteiger partial charge in [0.2, 0.25) is 0 Å². The number of thiophene rings is 1. The molecule has 0 radical (unpaired) electrons. The Morgan fingerprint density at radius 2 is 1.84 bits per heavy atom. The molecule has 136 valence electrons. The largest absolute Gasteiger partial charge is 0.355 e. The summed E-state index contributed by atoms with van der Waals surface area (Å²) >= 11 is 1.30. The number of sulfonamides is 1. The van der Waals surface area contributed by atoms with E-state index in [0.29, 0.717) is 36.2 Å². The van der Waals surface area contributed by atoms with E-state index in [1.807, 2.05) is 17.9 Å². The number of anilines is 1. The second-order valence-electron chi connectivity index (χ2n) is 5.82. The first-order chi connectivity index (χ1) is 11.8. The second-order valence-corrected chi connectivity index (χ2v) is 9.16. The minimum atomic E-state index is -3.49. The molecule has 0 aromatic carbocycles. The molecular weight excluding hydrogens is 364 g/mol. The zero-order chi connectivity index (χ0) is 18.2. The molecule has 1 aliphatic rings. The van der Waals surface area contributed by atoms with Gasteiger partial charge in [-0.25, -0.2) is 13.2 Å². The highest BCUT2D eigenvalue weighted by Crippen LogP contribution is 2.26. The minimum absolute atomic E-state index is 0.304. The first kappa shape index (κ1) is 17.9. The van der Waals surface area contributed by atoms with Gasteiger partial charge < -0.3 is 4.90 Å². The van der Waals surface area contributed by atoms with Crippen LogP contribution >= 0.6 is 11.3 Å². The van der Waals surface area contributed by atoms with Crippen molar-refractivity contribution in [1.82, 2.24) is 13.9 Å². The maximum Gasteiger partial charge on any atom is 0.329 e. The number of H-pyrrole nitrogens is 1. The van der Waals surface area contributed by atoms with Crippen LogP contribution in [-0.2, 0) is 23.5 Å². The summed E-state index contributed by atoms with van der Waals surface area (Å²) in [7, 11) is -2.09. The topological polar surface area (TPSA) is 95.5 Å². The molecule has 2 aromatic rings. The molecule has 8 nitrogen and oxygen atoms in total. The van der Waals surface area contributed by atoms with Crippen molar-refractivity contribution in [2.24, 2.45) is 7.05 Å². The quantitative estimate of drug-likeness (QED) is 0.813. The standard InChI is InChI=1S/C15H20N4O4S2/c1-3-11-4-5-14(24-11)25(22,23)19-8-6-18(7-9-19)12-10-13(20)17(2)15(21)16-12/h4-5,10H,3,6-9H2,1-2H3,(H,16,21). The minimum Gasteiger partial charge on any atom is -0.355 e. The molecule has 3 heterocycles. The molecule has 0 saturated carbocycles. The number of nitrogens with one attached hydrogen (secondary N) is 1. The van der Waals surface area contributed by atoms with E-state index in [-0.39, 0.29) is 5.56 Å². The Labute approximate surface area is 149 Å². The van der Waals surface area contributed by atoms with Gasteiger partial charge in [-0.1, -0.05) is 6.92 Å². The number of aryl methyl sites for hydroxylation is 1. The highest BCUT2D eigenvalue weighted by Gasteiger charge is 2.30. The average molecular weight is 384 g/mol. The lowest BCUT2D eigenvalue weighted by atomic mass is 10.3. The lowest BCUT2D eigenvalue weighted by molar-refractivity contribution is 0.384. The molecule has 10 heteroatoms.